The van der Waals surface area contributed by atoms with Crippen molar-refractivity contribution < 1.29 is 9.47 Å². The van der Waals surface area contributed by atoms with Crippen LogP contribution in [0.15, 0.2) is 40.6 Å². The lowest BCUT2D eigenvalue weighted by Gasteiger charge is -2.28. The topological polar surface area (TPSA) is 46.4 Å². The number of azo groups is 1. The minimum absolute atomic E-state index is 0.0703. The summed E-state index contributed by atoms with van der Waals surface area (Å²) < 4.78 is 12.0. The Morgan fingerprint density at radius 2 is 1.84 bits per heavy atom. The summed E-state index contributed by atoms with van der Waals surface area (Å²) in [5.41, 5.74) is 0.488. The summed E-state index contributed by atoms with van der Waals surface area (Å²) in [4.78, 5) is 1.99. The Hall–Kier alpha value is -1.30. The van der Waals surface area contributed by atoms with Crippen molar-refractivity contribution in [3.8, 4) is 0 Å². The molecule has 1 unspecified atom stereocenters. The summed E-state index contributed by atoms with van der Waals surface area (Å²) in [6.07, 6.45) is -0.0703. The van der Waals surface area contributed by atoms with E-state index in [1.54, 1.807) is 0 Å². The third-order valence-corrected chi connectivity index (χ3v) is 3.70. The van der Waals surface area contributed by atoms with Crippen LogP contribution >= 0.6 is 0 Å². The first-order valence-corrected chi connectivity index (χ1v) is 6.53. The highest BCUT2D eigenvalue weighted by atomic mass is 16.8. The number of hydrogen-bond acceptors (Lipinski definition) is 5. The minimum Gasteiger partial charge on any atom is -0.307 e. The Bertz CT molecular complexity index is 503. The predicted molar refractivity (Wildman–Crippen MR) is 70.2 cm³/mol. The Morgan fingerprint density at radius 3 is 2.42 bits per heavy atom. The maximum absolute atomic E-state index is 6.10. The molecule has 5 heteroatoms. The molecule has 1 spiro atoms. The van der Waals surface area contributed by atoms with E-state index in [0.29, 0.717) is 0 Å². The van der Waals surface area contributed by atoms with Gasteiger partial charge in [0, 0.05) is 6.04 Å². The Morgan fingerprint density at radius 1 is 1.16 bits per heavy atom. The van der Waals surface area contributed by atoms with Gasteiger partial charge in [-0.15, -0.1) is 5.11 Å². The molecular weight excluding hydrogens is 242 g/mol. The molecule has 3 rings (SSSR count). The number of nitrogens with zero attached hydrogens (tertiary/aromatic N) is 3. The van der Waals surface area contributed by atoms with Crippen LogP contribution in [-0.2, 0) is 9.47 Å². The van der Waals surface area contributed by atoms with Gasteiger partial charge in [-0.25, -0.2) is 4.90 Å². The fourth-order valence-electron chi connectivity index (χ4n) is 2.54. The molecule has 3 atom stereocenters. The molecule has 0 saturated carbocycles. The molecule has 0 N–H and O–H groups in total. The Kier molecular flexibility index (Phi) is 2.74. The molecule has 2 heterocycles. The van der Waals surface area contributed by atoms with E-state index in [0.717, 1.165) is 5.56 Å². The van der Waals surface area contributed by atoms with E-state index in [1.165, 1.54) is 0 Å². The highest BCUT2D eigenvalue weighted by molar-refractivity contribution is 5.20. The van der Waals surface area contributed by atoms with Gasteiger partial charge in [0.1, 0.15) is 6.10 Å². The molecule has 1 aromatic rings. The molecule has 1 aromatic carbocycles. The highest BCUT2D eigenvalue weighted by Crippen LogP contribution is 2.46. The van der Waals surface area contributed by atoms with Crippen molar-refractivity contribution in [3.05, 3.63) is 35.9 Å². The molecule has 0 aliphatic carbocycles. The summed E-state index contributed by atoms with van der Waals surface area (Å²) in [6, 6.07) is 9.22. The molecule has 5 nitrogen and oxygen atoms in total. The Labute approximate surface area is 113 Å². The second-order valence-corrected chi connectivity index (χ2v) is 5.60. The number of likely N-dealkylation sites (N-methyl/N-ethyl adjacent to an activating group) is 1. The van der Waals surface area contributed by atoms with Crippen molar-refractivity contribution in [3.63, 3.8) is 0 Å². The second kappa shape index (κ2) is 4.10. The van der Waals surface area contributed by atoms with Crippen LogP contribution < -0.4 is 0 Å². The standard InChI is InChI=1S/C14H19N3O2/c1-10-12(11-8-6-5-7-9-11)18-14(17(10)4)16-15-13(2,3)19-14/h5-10,12H,1-4H3/t10-,12-,14?/m0/s1. The van der Waals surface area contributed by atoms with E-state index in [1.807, 2.05) is 44.0 Å². The van der Waals surface area contributed by atoms with E-state index in [2.05, 4.69) is 29.3 Å². The maximum Gasteiger partial charge on any atom is 0.358 e. The van der Waals surface area contributed by atoms with Crippen LogP contribution in [-0.4, -0.2) is 29.7 Å². The molecule has 102 valence electrons. The van der Waals surface area contributed by atoms with E-state index < -0.39 is 11.8 Å². The second-order valence-electron chi connectivity index (χ2n) is 5.60. The molecule has 0 amide bonds. The van der Waals surface area contributed by atoms with Gasteiger partial charge in [0.25, 0.3) is 0 Å². The third-order valence-electron chi connectivity index (χ3n) is 3.70. The summed E-state index contributed by atoms with van der Waals surface area (Å²) in [6.45, 7) is 5.86. The first kappa shape index (κ1) is 12.7. The summed E-state index contributed by atoms with van der Waals surface area (Å²) in [5, 5.41) is 8.39. The molecule has 0 radical (unpaired) electrons. The first-order chi connectivity index (χ1) is 8.94. The van der Waals surface area contributed by atoms with E-state index in [-0.39, 0.29) is 12.1 Å². The normalized spacial score (nSPS) is 37.3. The monoisotopic (exact) mass is 261 g/mol. The molecule has 0 aromatic heterocycles. The number of benzene rings is 1. The largest absolute Gasteiger partial charge is 0.358 e. The van der Waals surface area contributed by atoms with Crippen molar-refractivity contribution >= 4 is 0 Å². The van der Waals surface area contributed by atoms with Crippen molar-refractivity contribution in [2.75, 3.05) is 7.05 Å². The zero-order valence-electron chi connectivity index (χ0n) is 11.7. The smallest absolute Gasteiger partial charge is 0.307 e. The van der Waals surface area contributed by atoms with Crippen molar-refractivity contribution in [1.82, 2.24) is 4.90 Å². The average Bonchev–Trinajstić information content (AvgIpc) is 2.83. The lowest BCUT2D eigenvalue weighted by molar-refractivity contribution is -0.292. The van der Waals surface area contributed by atoms with Crippen LogP contribution in [0.3, 0.4) is 0 Å². The van der Waals surface area contributed by atoms with Gasteiger partial charge in [0.05, 0.1) is 0 Å². The van der Waals surface area contributed by atoms with Gasteiger partial charge in [0.2, 0.25) is 0 Å². The molecule has 0 bridgehead atoms. The number of ether oxygens (including phenoxy) is 2. The minimum atomic E-state index is -1.08. The molecular formula is C14H19N3O2. The molecule has 2 aliphatic heterocycles. The van der Waals surface area contributed by atoms with E-state index in [4.69, 9.17) is 9.47 Å². The first-order valence-electron chi connectivity index (χ1n) is 6.53. The molecule has 1 fully saturated rings. The van der Waals surface area contributed by atoms with Gasteiger partial charge in [0.15, 0.2) is 5.72 Å². The number of hydrogen-bond donors (Lipinski definition) is 0. The van der Waals surface area contributed by atoms with Gasteiger partial charge < -0.3 is 4.74 Å². The fourth-order valence-corrected chi connectivity index (χ4v) is 2.54. The van der Waals surface area contributed by atoms with E-state index >= 15 is 0 Å². The third kappa shape index (κ3) is 1.98. The number of rotatable bonds is 1. The average molecular weight is 261 g/mol. The quantitative estimate of drug-likeness (QED) is 0.781. The zero-order valence-corrected chi connectivity index (χ0v) is 11.7. The summed E-state index contributed by atoms with van der Waals surface area (Å²) in [7, 11) is 1.95. The highest BCUT2D eigenvalue weighted by Gasteiger charge is 2.57. The van der Waals surface area contributed by atoms with Crippen molar-refractivity contribution in [2.24, 2.45) is 10.2 Å². The lowest BCUT2D eigenvalue weighted by atomic mass is 10.0. The summed E-state index contributed by atoms with van der Waals surface area (Å²) >= 11 is 0. The zero-order chi connectivity index (χ0) is 13.7. The van der Waals surface area contributed by atoms with Gasteiger partial charge in [-0.2, -0.15) is 5.11 Å². The van der Waals surface area contributed by atoms with Crippen molar-refractivity contribution in [1.29, 1.82) is 0 Å². The van der Waals surface area contributed by atoms with Gasteiger partial charge in [-0.3, -0.25) is 4.74 Å². The van der Waals surface area contributed by atoms with Gasteiger partial charge >= 0.3 is 6.03 Å². The lowest BCUT2D eigenvalue weighted by Crippen LogP contribution is -2.46. The van der Waals surface area contributed by atoms with Crippen molar-refractivity contribution in [2.45, 2.75) is 44.7 Å². The molecule has 19 heavy (non-hydrogen) atoms. The Balaban J connectivity index is 1.91. The maximum atomic E-state index is 6.10. The molecule has 1 saturated heterocycles. The van der Waals surface area contributed by atoms with Crippen LogP contribution in [0.5, 0.6) is 0 Å². The van der Waals surface area contributed by atoms with Gasteiger partial charge in [-0.1, -0.05) is 30.3 Å². The van der Waals surface area contributed by atoms with Crippen LogP contribution in [0.2, 0.25) is 0 Å². The van der Waals surface area contributed by atoms with Crippen LogP contribution in [0, 0.1) is 0 Å². The van der Waals surface area contributed by atoms with Crippen LogP contribution in [0.25, 0.3) is 0 Å². The summed E-state index contributed by atoms with van der Waals surface area (Å²) in [5.74, 6) is 0. The van der Waals surface area contributed by atoms with Crippen LogP contribution in [0.1, 0.15) is 32.4 Å². The fraction of sp³-hybridized carbons (Fsp3) is 0.571. The van der Waals surface area contributed by atoms with Crippen LogP contribution in [0.4, 0.5) is 0 Å². The van der Waals surface area contributed by atoms with Gasteiger partial charge in [-0.05, 0) is 33.4 Å². The SMILES string of the molecule is C[C@H]1[C@@H](c2ccccc2)OC2(N=NC(C)(C)O2)N1C. The molecule has 2 aliphatic rings. The van der Waals surface area contributed by atoms with E-state index in [9.17, 15) is 0 Å². The predicted octanol–water partition coefficient (Wildman–Crippen LogP) is 2.91.